The van der Waals surface area contributed by atoms with Gasteiger partial charge >= 0.3 is 0 Å². The van der Waals surface area contributed by atoms with Crippen molar-refractivity contribution in [3.8, 4) is 0 Å². The summed E-state index contributed by atoms with van der Waals surface area (Å²) in [6.45, 7) is 0. The number of nitrogens with zero attached hydrogens (tertiary/aromatic N) is 1. The summed E-state index contributed by atoms with van der Waals surface area (Å²) in [6.07, 6.45) is -0.307. The summed E-state index contributed by atoms with van der Waals surface area (Å²) in [5.41, 5.74) is 0.325. The van der Waals surface area contributed by atoms with Crippen LogP contribution in [0.5, 0.6) is 0 Å². The Kier molecular flexibility index (Phi) is 4.44. The minimum Gasteiger partial charge on any atom is -0.297 e. The highest BCUT2D eigenvalue weighted by atomic mass is 32.2. The fourth-order valence-electron chi connectivity index (χ4n) is 2.43. The summed E-state index contributed by atoms with van der Waals surface area (Å²) < 4.78 is 47.4. The van der Waals surface area contributed by atoms with E-state index in [-0.39, 0.29) is 12.0 Å². The van der Waals surface area contributed by atoms with Crippen LogP contribution < -0.4 is 0 Å². The molecule has 1 aromatic heterocycles. The zero-order valence-corrected chi connectivity index (χ0v) is 13.8. The Morgan fingerprint density at radius 1 is 1.17 bits per heavy atom. The summed E-state index contributed by atoms with van der Waals surface area (Å²) in [4.78, 5) is 16.7. The van der Waals surface area contributed by atoms with Gasteiger partial charge in [-0.25, -0.2) is 9.37 Å². The van der Waals surface area contributed by atoms with Gasteiger partial charge < -0.3 is 0 Å². The lowest BCUT2D eigenvalue weighted by Crippen LogP contribution is -2.24. The number of hydrogen-bond donors (Lipinski definition) is 1. The van der Waals surface area contributed by atoms with E-state index < -0.39 is 27.0 Å². The number of aromatic nitrogens is 1. The highest BCUT2D eigenvalue weighted by Crippen LogP contribution is 2.28. The van der Waals surface area contributed by atoms with Gasteiger partial charge in [0.25, 0.3) is 10.1 Å². The van der Waals surface area contributed by atoms with E-state index in [1.54, 1.807) is 12.1 Å². The zero-order chi connectivity index (χ0) is 17.3. The second-order valence-electron chi connectivity index (χ2n) is 5.13. The van der Waals surface area contributed by atoms with E-state index >= 15 is 0 Å². The standard InChI is InChI=1S/C16H12FNO4S2/c17-11-6-2-1-5-10(11)16(24(20,21)22)13(19)9-15-18-12-7-3-4-8-14(12)23-15/h1-8,16H,9H2,(H,20,21,22). The molecule has 0 spiro atoms. The maximum Gasteiger partial charge on any atom is 0.279 e. The Hall–Kier alpha value is -2.16. The van der Waals surface area contributed by atoms with Crippen molar-refractivity contribution in [2.45, 2.75) is 11.7 Å². The SMILES string of the molecule is O=C(Cc1nc2ccccc2s1)C(c1ccccc1F)S(=O)(=O)O. The molecule has 2 aromatic carbocycles. The third kappa shape index (κ3) is 3.35. The van der Waals surface area contributed by atoms with Gasteiger partial charge in [0, 0.05) is 5.56 Å². The zero-order valence-electron chi connectivity index (χ0n) is 12.2. The minimum atomic E-state index is -4.80. The van der Waals surface area contributed by atoms with Crippen LogP contribution in [0.15, 0.2) is 48.5 Å². The number of fused-ring (bicyclic) bond motifs is 1. The van der Waals surface area contributed by atoms with Crippen molar-refractivity contribution in [3.63, 3.8) is 0 Å². The van der Waals surface area contributed by atoms with Crippen LogP contribution in [-0.4, -0.2) is 23.7 Å². The molecular formula is C16H12FNO4S2. The first-order valence-corrected chi connectivity index (χ1v) is 9.26. The van der Waals surface area contributed by atoms with Gasteiger partial charge in [-0.15, -0.1) is 11.3 Å². The monoisotopic (exact) mass is 365 g/mol. The molecule has 1 heterocycles. The first-order valence-electron chi connectivity index (χ1n) is 6.94. The number of halogens is 1. The molecule has 0 aliphatic rings. The fourth-order valence-corrected chi connectivity index (χ4v) is 4.33. The van der Waals surface area contributed by atoms with Crippen molar-refractivity contribution in [1.82, 2.24) is 4.98 Å². The van der Waals surface area contributed by atoms with Crippen LogP contribution in [0.1, 0.15) is 15.8 Å². The topological polar surface area (TPSA) is 84.3 Å². The molecule has 0 saturated heterocycles. The summed E-state index contributed by atoms with van der Waals surface area (Å²) in [6, 6.07) is 12.2. The summed E-state index contributed by atoms with van der Waals surface area (Å²) in [5.74, 6) is -1.69. The Morgan fingerprint density at radius 3 is 2.50 bits per heavy atom. The van der Waals surface area contributed by atoms with Crippen LogP contribution in [0.4, 0.5) is 4.39 Å². The number of para-hydroxylation sites is 1. The molecule has 5 nitrogen and oxygen atoms in total. The van der Waals surface area contributed by atoms with Crippen molar-refractivity contribution in [3.05, 3.63) is 64.9 Å². The van der Waals surface area contributed by atoms with Gasteiger partial charge in [-0.3, -0.25) is 9.35 Å². The first kappa shape index (κ1) is 16.7. The van der Waals surface area contributed by atoms with Crippen LogP contribution in [0.3, 0.4) is 0 Å². The van der Waals surface area contributed by atoms with Crippen molar-refractivity contribution >= 4 is 37.5 Å². The summed E-state index contributed by atoms with van der Waals surface area (Å²) in [7, 11) is -4.80. The van der Waals surface area contributed by atoms with Gasteiger partial charge in [0.05, 0.1) is 16.6 Å². The number of benzene rings is 2. The summed E-state index contributed by atoms with van der Waals surface area (Å²) >= 11 is 1.25. The number of rotatable bonds is 5. The Bertz CT molecular complexity index is 981. The van der Waals surface area contributed by atoms with Crippen molar-refractivity contribution < 1.29 is 22.2 Å². The normalized spacial score (nSPS) is 13.1. The van der Waals surface area contributed by atoms with Gasteiger partial charge in [0.1, 0.15) is 10.8 Å². The van der Waals surface area contributed by atoms with Gasteiger partial charge in [-0.05, 0) is 18.2 Å². The maximum atomic E-state index is 13.9. The Morgan fingerprint density at radius 2 is 1.83 bits per heavy atom. The highest BCUT2D eigenvalue weighted by molar-refractivity contribution is 7.86. The van der Waals surface area contributed by atoms with E-state index in [1.165, 1.54) is 29.5 Å². The molecule has 0 aliphatic heterocycles. The van der Waals surface area contributed by atoms with Crippen molar-refractivity contribution in [2.75, 3.05) is 0 Å². The lowest BCUT2D eigenvalue weighted by atomic mass is 10.1. The molecule has 0 bridgehead atoms. The predicted octanol–water partition coefficient (Wildman–Crippen LogP) is 3.18. The lowest BCUT2D eigenvalue weighted by molar-refractivity contribution is -0.118. The molecule has 0 aliphatic carbocycles. The largest absolute Gasteiger partial charge is 0.297 e. The molecule has 24 heavy (non-hydrogen) atoms. The number of hydrogen-bond acceptors (Lipinski definition) is 5. The van der Waals surface area contributed by atoms with E-state index in [9.17, 15) is 22.2 Å². The molecule has 3 rings (SSSR count). The maximum absolute atomic E-state index is 13.9. The third-order valence-corrected chi connectivity index (χ3v) is 5.59. The number of ketones is 1. The second kappa shape index (κ2) is 6.39. The van der Waals surface area contributed by atoms with E-state index in [4.69, 9.17) is 0 Å². The molecule has 1 unspecified atom stereocenters. The summed E-state index contributed by atoms with van der Waals surface area (Å²) in [5, 5.41) is -1.56. The molecule has 8 heteroatoms. The first-order chi connectivity index (χ1) is 11.4. The average molecular weight is 365 g/mol. The molecule has 3 aromatic rings. The third-order valence-electron chi connectivity index (χ3n) is 3.44. The molecule has 0 fully saturated rings. The predicted molar refractivity (Wildman–Crippen MR) is 89.0 cm³/mol. The van der Waals surface area contributed by atoms with Gasteiger partial charge in [0.2, 0.25) is 0 Å². The van der Waals surface area contributed by atoms with E-state index in [1.807, 2.05) is 12.1 Å². The van der Waals surface area contributed by atoms with Crippen molar-refractivity contribution in [1.29, 1.82) is 0 Å². The molecule has 1 atom stereocenters. The van der Waals surface area contributed by atoms with Crippen LogP contribution in [0.25, 0.3) is 10.2 Å². The Labute approximate surface area is 141 Å². The molecule has 1 N–H and O–H groups in total. The van der Waals surface area contributed by atoms with E-state index in [0.717, 1.165) is 10.8 Å². The number of thiazole rings is 1. The van der Waals surface area contributed by atoms with E-state index in [2.05, 4.69) is 4.98 Å². The molecule has 0 saturated carbocycles. The fraction of sp³-hybridized carbons (Fsp3) is 0.125. The van der Waals surface area contributed by atoms with Gasteiger partial charge in [0.15, 0.2) is 11.0 Å². The minimum absolute atomic E-state index is 0.307. The Balaban J connectivity index is 1.96. The molecular weight excluding hydrogens is 353 g/mol. The smallest absolute Gasteiger partial charge is 0.279 e. The molecule has 0 radical (unpaired) electrons. The van der Waals surface area contributed by atoms with Crippen molar-refractivity contribution in [2.24, 2.45) is 0 Å². The highest BCUT2D eigenvalue weighted by Gasteiger charge is 2.35. The van der Waals surface area contributed by atoms with Gasteiger partial charge in [-0.1, -0.05) is 30.3 Å². The quantitative estimate of drug-likeness (QED) is 0.702. The van der Waals surface area contributed by atoms with Gasteiger partial charge in [-0.2, -0.15) is 8.42 Å². The number of carbonyl (C=O) groups is 1. The van der Waals surface area contributed by atoms with Crippen LogP contribution >= 0.6 is 11.3 Å². The van der Waals surface area contributed by atoms with Crippen LogP contribution in [0, 0.1) is 5.82 Å². The van der Waals surface area contributed by atoms with Crippen LogP contribution in [0.2, 0.25) is 0 Å². The van der Waals surface area contributed by atoms with E-state index in [0.29, 0.717) is 10.5 Å². The molecule has 0 amide bonds. The number of carbonyl (C=O) groups excluding carboxylic acids is 1. The lowest BCUT2D eigenvalue weighted by Gasteiger charge is -2.13. The second-order valence-corrected chi connectivity index (χ2v) is 7.75. The average Bonchev–Trinajstić information content (AvgIpc) is 2.90. The van der Waals surface area contributed by atoms with Crippen LogP contribution in [-0.2, 0) is 21.3 Å². The molecule has 124 valence electrons. The number of Topliss-reactive ketones (excluding diaryl/α,β-unsaturated/α-hetero) is 1.